The van der Waals surface area contributed by atoms with Crippen molar-refractivity contribution >= 4 is 41.4 Å². The van der Waals surface area contributed by atoms with E-state index in [4.69, 9.17) is 0 Å². The van der Waals surface area contributed by atoms with Crippen LogP contribution in [0.5, 0.6) is 0 Å². The van der Waals surface area contributed by atoms with E-state index in [-0.39, 0.29) is 99.0 Å². The monoisotopic (exact) mass is 1480 g/mol. The molecule has 20 nitrogen and oxygen atoms in total. The van der Waals surface area contributed by atoms with Gasteiger partial charge in [-0.3, -0.25) is 33.6 Å². The van der Waals surface area contributed by atoms with Gasteiger partial charge in [-0.05, 0) is 235 Å². The standard InChI is InChI=1S/2C16H28N2O.C15H26N2O.C14H24N2O.C13H22N2O.C12H22N2O3/c2*1-16(2)10-11-18(15(19)14(12-16)17-3)13-8-6-4-5-7-9-13;1-15(2)9-10-17(12-7-5-4-6-8-12)14(18)13(11-15)16-3;1-14(2)8-9-16(11-6-4-5-7-11)13(17)12(10-14)15-3;1-13(2)7-8-15(10-5-4-6-10)12(16)11(9-13)14-3;1-12(2)5-6-14(8-10(15)17-4)11(16)9(7-12)13-3/h6,8,13-14,17H,4-5,7,9-12H2,1-3H3;4,6,13-14,17H,5,7-12H2,1-3H3;5,7,12-13,16H,4,6,8-11H2,1-3H3;4,6,11-12,15H,5,7-10H2,1-3H3;4-5,10-11,14H,6-9H2,1-3H3;9,13H,5-8H2,1-4H3. The number of carbonyl (C=O) groups excluding carboxylic acids is 7. The molecule has 0 bridgehead atoms. The number of allylic oxidation sites excluding steroid dienone is 4. The van der Waals surface area contributed by atoms with Crippen LogP contribution < -0.4 is 31.9 Å². The number of hydrogen-bond donors (Lipinski definition) is 6. The van der Waals surface area contributed by atoms with Crippen LogP contribution in [0.2, 0.25) is 0 Å². The van der Waals surface area contributed by atoms with Crippen LogP contribution in [0.3, 0.4) is 0 Å². The molecule has 0 spiro atoms. The van der Waals surface area contributed by atoms with E-state index in [0.717, 1.165) is 155 Å². The number of hydrogen-bond acceptors (Lipinski definition) is 14. The Morgan fingerprint density at radius 3 is 1.01 bits per heavy atom. The quantitative estimate of drug-likeness (QED) is 0.0746. The summed E-state index contributed by atoms with van der Waals surface area (Å²) >= 11 is 0. The molecule has 0 saturated carbocycles. The molecular weight excluding hydrogens is 1330 g/mol. The fourth-order valence-electron chi connectivity index (χ4n) is 17.2. The number of amides is 6. The van der Waals surface area contributed by atoms with Crippen LogP contribution in [0.15, 0.2) is 60.8 Å². The molecule has 6 amide bonds. The summed E-state index contributed by atoms with van der Waals surface area (Å²) < 4.78 is 4.61. The Kier molecular flexibility index (Phi) is 35.3. The van der Waals surface area contributed by atoms with Gasteiger partial charge in [0.2, 0.25) is 35.4 Å². The van der Waals surface area contributed by atoms with E-state index in [2.05, 4.69) is 205 Å². The first-order valence-corrected chi connectivity index (χ1v) is 41.3. The second-order valence-electron chi connectivity index (χ2n) is 37.1. The van der Waals surface area contributed by atoms with Gasteiger partial charge in [0.25, 0.3) is 0 Å². The predicted molar refractivity (Wildman–Crippen MR) is 432 cm³/mol. The van der Waals surface area contributed by atoms with Crippen LogP contribution in [-0.2, 0) is 38.3 Å². The molecular formula is C86H150N12O8. The molecule has 20 heteroatoms. The molecule has 6 heterocycles. The van der Waals surface area contributed by atoms with Crippen molar-refractivity contribution in [3.05, 3.63) is 60.8 Å². The van der Waals surface area contributed by atoms with Crippen molar-refractivity contribution in [1.29, 1.82) is 0 Å². The van der Waals surface area contributed by atoms with E-state index in [1.165, 1.54) is 52.1 Å². The van der Waals surface area contributed by atoms with E-state index < -0.39 is 0 Å². The summed E-state index contributed by atoms with van der Waals surface area (Å²) in [6.45, 7) is 32.2. The second kappa shape index (κ2) is 41.7. The van der Waals surface area contributed by atoms with Crippen LogP contribution in [0.4, 0.5) is 0 Å². The van der Waals surface area contributed by atoms with Gasteiger partial charge in [0.15, 0.2) is 0 Å². The number of carbonyl (C=O) groups is 7. The summed E-state index contributed by atoms with van der Waals surface area (Å²) in [7, 11) is 12.6. The molecule has 11 rings (SSSR count). The molecule has 0 aromatic carbocycles. The molecule has 11 unspecified atom stereocenters. The highest BCUT2D eigenvalue weighted by Crippen LogP contribution is 2.39. The lowest BCUT2D eigenvalue weighted by Gasteiger charge is -2.33. The SMILES string of the molecule is CNC1CC(C)(C)CCN(C2C=CC2)C1=O.CNC1CC(C)(C)CCN(C2C=CCC2)C1=O.CNC1CC(C)(C)CCN(C2C=CCCC2)C1=O.CNC1CC(C)(C)CCN(C2C=CCCCC2)C1=O.CNC1CC(C)(C)CCN(C2CC=CCCC2)C1=O.CNC1CC(C)(C)CCN(CC(=O)OC)C1=O. The maximum Gasteiger partial charge on any atom is 0.325 e. The Labute approximate surface area is 642 Å². The van der Waals surface area contributed by atoms with Crippen molar-refractivity contribution in [3.8, 4) is 0 Å². The Morgan fingerprint density at radius 2 is 0.660 bits per heavy atom. The van der Waals surface area contributed by atoms with Crippen molar-refractivity contribution in [2.24, 2.45) is 32.5 Å². The number of nitrogens with zero attached hydrogens (tertiary/aromatic N) is 6. The third-order valence-electron chi connectivity index (χ3n) is 24.9. The maximum absolute atomic E-state index is 12.7. The number of likely N-dealkylation sites (tertiary alicyclic amines) is 6. The highest BCUT2D eigenvalue weighted by Gasteiger charge is 2.43. The fourth-order valence-corrected chi connectivity index (χ4v) is 17.2. The normalized spacial score (nSPS) is 31.2. The molecule has 6 aliphatic heterocycles. The largest absolute Gasteiger partial charge is 0.468 e. The highest BCUT2D eigenvalue weighted by molar-refractivity contribution is 5.87. The molecule has 5 aliphatic carbocycles. The van der Waals surface area contributed by atoms with Gasteiger partial charge in [0.1, 0.15) is 6.54 Å². The number of methoxy groups -OCH3 is 1. The first-order chi connectivity index (χ1) is 50.1. The van der Waals surface area contributed by atoms with E-state index in [1.807, 2.05) is 35.2 Å². The Balaban J connectivity index is 0.000000199. The first kappa shape index (κ1) is 89.6. The van der Waals surface area contributed by atoms with Crippen LogP contribution in [-0.4, -0.2) is 232 Å². The lowest BCUT2D eigenvalue weighted by Crippen LogP contribution is -2.49. The number of likely N-dealkylation sites (N-methyl/N-ethyl adjacent to an activating group) is 6. The van der Waals surface area contributed by atoms with Gasteiger partial charge in [0, 0.05) is 45.3 Å². The number of nitrogens with one attached hydrogen (secondary N) is 6. The van der Waals surface area contributed by atoms with Gasteiger partial charge in [-0.2, -0.15) is 0 Å². The highest BCUT2D eigenvalue weighted by atomic mass is 16.5. The summed E-state index contributed by atoms with van der Waals surface area (Å²) in [5, 5.41) is 19.0. The van der Waals surface area contributed by atoms with Crippen LogP contribution in [0.1, 0.15) is 250 Å². The van der Waals surface area contributed by atoms with Gasteiger partial charge < -0.3 is 66.0 Å². The maximum atomic E-state index is 12.7. The fraction of sp³-hybridized carbons (Fsp3) is 0.802. The van der Waals surface area contributed by atoms with E-state index in [9.17, 15) is 33.6 Å². The minimum atomic E-state index is -0.368. The minimum absolute atomic E-state index is 0.00787. The molecule has 106 heavy (non-hydrogen) atoms. The van der Waals surface area contributed by atoms with Crippen molar-refractivity contribution < 1.29 is 38.3 Å². The Hall–Kier alpha value is -5.25. The molecule has 0 radical (unpaired) electrons. The summed E-state index contributed by atoms with van der Waals surface area (Å²) in [5.74, 6) is 1.09. The third kappa shape index (κ3) is 27.3. The summed E-state index contributed by atoms with van der Waals surface area (Å²) in [4.78, 5) is 98.4. The number of rotatable bonds is 13. The van der Waals surface area contributed by atoms with Gasteiger partial charge in [-0.15, -0.1) is 0 Å². The summed E-state index contributed by atoms with van der Waals surface area (Å²) in [6, 6.07) is 1.48. The Bertz CT molecular complexity index is 2970. The zero-order valence-electron chi connectivity index (χ0n) is 69.9. The van der Waals surface area contributed by atoms with Crippen molar-refractivity contribution in [3.63, 3.8) is 0 Å². The number of ether oxygens (including phenoxy) is 1. The Morgan fingerprint density at radius 1 is 0.349 bits per heavy atom. The summed E-state index contributed by atoms with van der Waals surface area (Å²) in [5.41, 5.74) is 1.35. The second-order valence-corrected chi connectivity index (χ2v) is 37.1. The predicted octanol–water partition coefficient (Wildman–Crippen LogP) is 11.7. The van der Waals surface area contributed by atoms with E-state index in [1.54, 1.807) is 11.9 Å². The van der Waals surface area contributed by atoms with Crippen LogP contribution in [0, 0.1) is 32.5 Å². The van der Waals surface area contributed by atoms with Crippen molar-refractivity contribution in [1.82, 2.24) is 61.3 Å². The number of esters is 1. The zero-order valence-corrected chi connectivity index (χ0v) is 69.9. The summed E-state index contributed by atoms with van der Waals surface area (Å²) in [6.07, 6.45) is 50.1. The topological polar surface area (TPSA) is 220 Å². The smallest absolute Gasteiger partial charge is 0.325 e. The average Bonchev–Trinajstić information content (AvgIpc) is 1.71. The van der Waals surface area contributed by atoms with Crippen LogP contribution in [0.25, 0.3) is 0 Å². The molecule has 11 atom stereocenters. The molecule has 0 aromatic rings. The van der Waals surface area contributed by atoms with Gasteiger partial charge in [-0.25, -0.2) is 0 Å². The molecule has 11 aliphatic rings. The lowest BCUT2D eigenvalue weighted by atomic mass is 9.83. The zero-order chi connectivity index (χ0) is 78.2. The van der Waals surface area contributed by atoms with Gasteiger partial charge in [-0.1, -0.05) is 150 Å². The molecule has 602 valence electrons. The molecule has 6 saturated heterocycles. The van der Waals surface area contributed by atoms with Crippen LogP contribution >= 0.6 is 0 Å². The van der Waals surface area contributed by atoms with Gasteiger partial charge in [0.05, 0.1) is 67.5 Å². The molecule has 6 fully saturated rings. The van der Waals surface area contributed by atoms with E-state index in [0.29, 0.717) is 54.5 Å². The first-order valence-electron chi connectivity index (χ1n) is 41.3. The van der Waals surface area contributed by atoms with Crippen molar-refractivity contribution in [2.45, 2.75) is 316 Å². The average molecular weight is 1480 g/mol. The van der Waals surface area contributed by atoms with E-state index >= 15 is 0 Å². The molecule has 6 N–H and O–H groups in total. The molecule has 0 aromatic heterocycles. The van der Waals surface area contributed by atoms with Gasteiger partial charge >= 0.3 is 5.97 Å². The third-order valence-corrected chi connectivity index (χ3v) is 24.9. The van der Waals surface area contributed by atoms with Crippen molar-refractivity contribution in [2.75, 3.05) is 95.2 Å². The lowest BCUT2D eigenvalue weighted by molar-refractivity contribution is -0.147. The minimum Gasteiger partial charge on any atom is -0.468 e.